The molecule has 2 aromatic rings. The molecule has 1 aliphatic heterocycles. The summed E-state index contributed by atoms with van der Waals surface area (Å²) in [6, 6.07) is 2.07. The topological polar surface area (TPSA) is 80.6 Å². The van der Waals surface area contributed by atoms with Crippen molar-refractivity contribution in [1.29, 1.82) is 0 Å². The fourth-order valence-corrected chi connectivity index (χ4v) is 5.55. The minimum absolute atomic E-state index is 0.178. The first-order valence-corrected chi connectivity index (χ1v) is 12.1. The maximum atomic E-state index is 13.0. The SMILES string of the molecule is C[C@@H]1COCCN1c1cc(N=[S@](C)(=O)C2CC2)nc(-c2cncc3c2C=CC3)n1. The summed E-state index contributed by atoms with van der Waals surface area (Å²) in [5.74, 6) is 1.87. The van der Waals surface area contributed by atoms with Crippen molar-refractivity contribution in [3.63, 3.8) is 0 Å². The van der Waals surface area contributed by atoms with Gasteiger partial charge in [0.15, 0.2) is 11.6 Å². The molecule has 8 heteroatoms. The summed E-state index contributed by atoms with van der Waals surface area (Å²) in [5, 5.41) is 0.178. The molecule has 2 aliphatic carbocycles. The predicted molar refractivity (Wildman–Crippen MR) is 115 cm³/mol. The molecule has 2 aromatic heterocycles. The molecule has 29 heavy (non-hydrogen) atoms. The van der Waals surface area contributed by atoms with Crippen LogP contribution in [0.2, 0.25) is 0 Å². The van der Waals surface area contributed by atoms with Gasteiger partial charge in [-0.05, 0) is 37.3 Å². The number of nitrogens with zero attached hydrogens (tertiary/aromatic N) is 5. The summed E-state index contributed by atoms with van der Waals surface area (Å²) in [6.45, 7) is 4.19. The number of aromatic nitrogens is 3. The second kappa shape index (κ2) is 7.18. The Morgan fingerprint density at radius 3 is 2.93 bits per heavy atom. The average Bonchev–Trinajstić information content (AvgIpc) is 3.46. The van der Waals surface area contributed by atoms with Crippen molar-refractivity contribution < 1.29 is 8.95 Å². The summed E-state index contributed by atoms with van der Waals surface area (Å²) < 4.78 is 23.2. The highest BCUT2D eigenvalue weighted by molar-refractivity contribution is 7.93. The summed E-state index contributed by atoms with van der Waals surface area (Å²) in [4.78, 5) is 16.2. The minimum Gasteiger partial charge on any atom is -0.377 e. The predicted octanol–water partition coefficient (Wildman–Crippen LogP) is 3.22. The number of ether oxygens (including phenoxy) is 1. The number of hydrogen-bond donors (Lipinski definition) is 0. The van der Waals surface area contributed by atoms with E-state index in [0.717, 1.165) is 42.8 Å². The lowest BCUT2D eigenvalue weighted by Crippen LogP contribution is -2.44. The minimum atomic E-state index is -2.30. The van der Waals surface area contributed by atoms with Crippen LogP contribution in [-0.4, -0.2) is 56.5 Å². The average molecular weight is 412 g/mol. The fraction of sp³-hybridized carbons (Fsp3) is 0.476. The number of rotatable bonds is 4. The lowest BCUT2D eigenvalue weighted by Gasteiger charge is -2.34. The van der Waals surface area contributed by atoms with E-state index in [-0.39, 0.29) is 11.3 Å². The molecular weight excluding hydrogens is 386 g/mol. The fourth-order valence-electron chi connectivity index (χ4n) is 3.92. The van der Waals surface area contributed by atoms with Gasteiger partial charge in [0.2, 0.25) is 0 Å². The highest BCUT2D eigenvalue weighted by Gasteiger charge is 2.31. The van der Waals surface area contributed by atoms with Gasteiger partial charge >= 0.3 is 0 Å². The molecule has 1 saturated carbocycles. The number of fused-ring (bicyclic) bond motifs is 1. The first kappa shape index (κ1) is 18.7. The number of morpholine rings is 1. The molecule has 2 fully saturated rings. The summed E-state index contributed by atoms with van der Waals surface area (Å²) in [5.41, 5.74) is 3.18. The molecule has 152 valence electrons. The van der Waals surface area contributed by atoms with Crippen LogP contribution in [0.4, 0.5) is 11.6 Å². The van der Waals surface area contributed by atoms with E-state index in [1.54, 1.807) is 6.26 Å². The Morgan fingerprint density at radius 1 is 1.28 bits per heavy atom. The third kappa shape index (κ3) is 3.67. The normalized spacial score (nSPS) is 23.0. The van der Waals surface area contributed by atoms with E-state index in [1.807, 2.05) is 18.5 Å². The first-order chi connectivity index (χ1) is 14.0. The standard InChI is InChI=1S/C21H25N5O2S/c1-14-13-28-9-8-26(14)20-10-19(25-29(2,27)16-6-7-16)23-21(24-20)18-12-22-11-15-4-3-5-17(15)18/h3,5,10-12,14,16H,4,6-9,13H2,1-2H3/t14-,29-/m1/s1. The van der Waals surface area contributed by atoms with Crippen LogP contribution in [0.5, 0.6) is 0 Å². The van der Waals surface area contributed by atoms with Crippen LogP contribution in [0.15, 0.2) is 28.9 Å². The molecule has 5 rings (SSSR count). The maximum Gasteiger partial charge on any atom is 0.167 e. The molecule has 3 heterocycles. The van der Waals surface area contributed by atoms with E-state index in [1.165, 1.54) is 5.56 Å². The zero-order valence-corrected chi connectivity index (χ0v) is 17.6. The Hall–Kier alpha value is -2.32. The van der Waals surface area contributed by atoms with Gasteiger partial charge in [0, 0.05) is 42.1 Å². The number of anilines is 1. The Balaban J connectivity index is 1.65. The van der Waals surface area contributed by atoms with Crippen LogP contribution in [0, 0.1) is 0 Å². The quantitative estimate of drug-likeness (QED) is 0.768. The van der Waals surface area contributed by atoms with Gasteiger partial charge in [0.25, 0.3) is 0 Å². The monoisotopic (exact) mass is 411 g/mol. The molecule has 1 saturated heterocycles. The molecule has 3 aliphatic rings. The highest BCUT2D eigenvalue weighted by atomic mass is 32.2. The summed E-state index contributed by atoms with van der Waals surface area (Å²) in [6.07, 6.45) is 12.5. The van der Waals surface area contributed by atoms with Crippen molar-refractivity contribution in [2.75, 3.05) is 30.9 Å². The first-order valence-electron chi connectivity index (χ1n) is 10.1. The van der Waals surface area contributed by atoms with Gasteiger partial charge < -0.3 is 9.64 Å². The van der Waals surface area contributed by atoms with Crippen molar-refractivity contribution in [2.45, 2.75) is 37.5 Å². The lowest BCUT2D eigenvalue weighted by molar-refractivity contribution is 0.0985. The van der Waals surface area contributed by atoms with E-state index >= 15 is 0 Å². The van der Waals surface area contributed by atoms with Crippen molar-refractivity contribution in [2.24, 2.45) is 4.36 Å². The van der Waals surface area contributed by atoms with E-state index in [2.05, 4.69) is 33.3 Å². The molecule has 0 bridgehead atoms. The van der Waals surface area contributed by atoms with E-state index < -0.39 is 9.73 Å². The molecule has 0 amide bonds. The van der Waals surface area contributed by atoms with Gasteiger partial charge in [-0.2, -0.15) is 4.36 Å². The third-order valence-electron chi connectivity index (χ3n) is 5.71. The van der Waals surface area contributed by atoms with E-state index in [9.17, 15) is 4.21 Å². The largest absolute Gasteiger partial charge is 0.377 e. The van der Waals surface area contributed by atoms with Crippen LogP contribution in [-0.2, 0) is 20.9 Å². The molecule has 2 atom stereocenters. The molecule has 0 radical (unpaired) electrons. The second-order valence-corrected chi connectivity index (χ2v) is 10.6. The van der Waals surface area contributed by atoms with Crippen LogP contribution in [0.25, 0.3) is 17.5 Å². The number of allylic oxidation sites excluding steroid dienone is 1. The lowest BCUT2D eigenvalue weighted by atomic mass is 10.1. The van der Waals surface area contributed by atoms with E-state index in [0.29, 0.717) is 24.9 Å². The molecule has 0 N–H and O–H groups in total. The zero-order valence-electron chi connectivity index (χ0n) is 16.7. The van der Waals surface area contributed by atoms with Crippen LogP contribution in [0.1, 0.15) is 30.9 Å². The van der Waals surface area contributed by atoms with Crippen LogP contribution < -0.4 is 4.90 Å². The molecular formula is C21H25N5O2S. The number of pyridine rings is 1. The zero-order chi connectivity index (χ0) is 20.0. The molecule has 7 nitrogen and oxygen atoms in total. The van der Waals surface area contributed by atoms with Gasteiger partial charge in [0.05, 0.1) is 29.0 Å². The van der Waals surface area contributed by atoms with Gasteiger partial charge in [0.1, 0.15) is 5.82 Å². The third-order valence-corrected chi connectivity index (χ3v) is 7.97. The second-order valence-electron chi connectivity index (χ2n) is 8.04. The van der Waals surface area contributed by atoms with Gasteiger partial charge in [-0.3, -0.25) is 4.98 Å². The van der Waals surface area contributed by atoms with Crippen molar-refractivity contribution in [3.8, 4) is 11.4 Å². The van der Waals surface area contributed by atoms with Crippen LogP contribution >= 0.6 is 0 Å². The highest BCUT2D eigenvalue weighted by Crippen LogP contribution is 2.34. The molecule has 0 aromatic carbocycles. The van der Waals surface area contributed by atoms with Crippen molar-refractivity contribution in [3.05, 3.63) is 35.7 Å². The van der Waals surface area contributed by atoms with Gasteiger partial charge in [-0.15, -0.1) is 0 Å². The van der Waals surface area contributed by atoms with Gasteiger partial charge in [-0.25, -0.2) is 14.2 Å². The Bertz CT molecular complexity index is 1100. The summed E-state index contributed by atoms with van der Waals surface area (Å²) >= 11 is 0. The van der Waals surface area contributed by atoms with Crippen molar-refractivity contribution in [1.82, 2.24) is 15.0 Å². The smallest absolute Gasteiger partial charge is 0.167 e. The maximum absolute atomic E-state index is 13.0. The van der Waals surface area contributed by atoms with Gasteiger partial charge in [-0.1, -0.05) is 12.2 Å². The Morgan fingerprint density at radius 2 is 2.14 bits per heavy atom. The van der Waals surface area contributed by atoms with Crippen molar-refractivity contribution >= 4 is 27.4 Å². The molecule has 0 spiro atoms. The Kier molecular flexibility index (Phi) is 4.63. The van der Waals surface area contributed by atoms with Crippen LogP contribution in [0.3, 0.4) is 0 Å². The number of hydrogen-bond acceptors (Lipinski definition) is 7. The summed E-state index contributed by atoms with van der Waals surface area (Å²) in [7, 11) is -2.30. The van der Waals surface area contributed by atoms with E-state index in [4.69, 9.17) is 14.7 Å². The Labute approximate surface area is 171 Å². The molecule has 0 unspecified atom stereocenters.